The van der Waals surface area contributed by atoms with Gasteiger partial charge in [-0.2, -0.15) is 0 Å². The third kappa shape index (κ3) is 4.95. The minimum absolute atomic E-state index is 0.0248. The van der Waals surface area contributed by atoms with Crippen LogP contribution in [-0.2, 0) is 11.2 Å². The van der Waals surface area contributed by atoms with Crippen LogP contribution >= 0.6 is 0 Å². The molecule has 0 aromatic heterocycles. The van der Waals surface area contributed by atoms with Crippen LogP contribution in [0.4, 0.5) is 11.4 Å². The molecule has 0 radical (unpaired) electrons. The summed E-state index contributed by atoms with van der Waals surface area (Å²) in [6.45, 7) is 2.09. The topological polar surface area (TPSA) is 55.1 Å². The van der Waals surface area contributed by atoms with Crippen LogP contribution in [0.1, 0.15) is 30.4 Å². The van der Waals surface area contributed by atoms with Crippen molar-refractivity contribution >= 4 is 17.3 Å². The average molecular weight is 282 g/mol. The predicted molar refractivity (Wildman–Crippen MR) is 88.2 cm³/mol. The zero-order chi connectivity index (χ0) is 15.1. The lowest BCUT2D eigenvalue weighted by Gasteiger charge is -2.07. The second kappa shape index (κ2) is 7.48. The number of unbranched alkanes of at least 4 members (excludes halogenated alkanes) is 1. The maximum Gasteiger partial charge on any atom is 0.224 e. The molecule has 0 bridgehead atoms. The van der Waals surface area contributed by atoms with Crippen molar-refractivity contribution < 1.29 is 4.79 Å². The van der Waals surface area contributed by atoms with E-state index < -0.39 is 0 Å². The molecule has 0 saturated heterocycles. The number of para-hydroxylation sites is 2. The lowest BCUT2D eigenvalue weighted by Crippen LogP contribution is -2.12. The number of benzene rings is 2. The van der Waals surface area contributed by atoms with Crippen LogP contribution in [0, 0.1) is 6.92 Å². The molecular weight excluding hydrogens is 260 g/mol. The standard InChI is InChI=1S/C18H22N2O/c1-14-10-12-15(13-11-14)6-2-5-9-18(21)20-17-8-4-3-7-16(17)19/h3-4,7-8,10-13H,2,5-6,9,19H2,1H3,(H,20,21). The number of hydrogen-bond acceptors (Lipinski definition) is 2. The first-order valence-corrected chi connectivity index (χ1v) is 7.35. The number of carbonyl (C=O) groups excluding carboxylic acids is 1. The van der Waals surface area contributed by atoms with Crippen LogP contribution in [0.2, 0.25) is 0 Å². The Bertz CT molecular complexity index is 590. The molecule has 0 unspecified atom stereocenters. The first kappa shape index (κ1) is 15.1. The van der Waals surface area contributed by atoms with Gasteiger partial charge in [0.25, 0.3) is 0 Å². The molecule has 0 spiro atoms. The number of amides is 1. The summed E-state index contributed by atoms with van der Waals surface area (Å²) in [5.74, 6) is 0.0248. The molecule has 2 rings (SSSR count). The van der Waals surface area contributed by atoms with Crippen molar-refractivity contribution in [3.8, 4) is 0 Å². The van der Waals surface area contributed by atoms with Crippen molar-refractivity contribution in [1.82, 2.24) is 0 Å². The molecule has 2 aromatic carbocycles. The molecule has 0 heterocycles. The number of rotatable bonds is 6. The molecule has 3 N–H and O–H groups in total. The number of anilines is 2. The van der Waals surface area contributed by atoms with E-state index in [0.29, 0.717) is 17.8 Å². The molecule has 21 heavy (non-hydrogen) atoms. The lowest BCUT2D eigenvalue weighted by molar-refractivity contribution is -0.116. The highest BCUT2D eigenvalue weighted by Crippen LogP contribution is 2.17. The smallest absolute Gasteiger partial charge is 0.224 e. The normalized spacial score (nSPS) is 10.3. The summed E-state index contributed by atoms with van der Waals surface area (Å²) in [5, 5.41) is 2.85. The second-order valence-electron chi connectivity index (χ2n) is 5.33. The fourth-order valence-electron chi connectivity index (χ4n) is 2.19. The Morgan fingerprint density at radius 3 is 2.48 bits per heavy atom. The molecule has 0 saturated carbocycles. The third-order valence-electron chi connectivity index (χ3n) is 3.47. The van der Waals surface area contributed by atoms with Crippen molar-refractivity contribution in [2.75, 3.05) is 11.1 Å². The summed E-state index contributed by atoms with van der Waals surface area (Å²) in [4.78, 5) is 11.9. The summed E-state index contributed by atoms with van der Waals surface area (Å²) in [6.07, 6.45) is 3.44. The Kier molecular flexibility index (Phi) is 5.38. The van der Waals surface area contributed by atoms with E-state index in [1.54, 1.807) is 6.07 Å². The van der Waals surface area contributed by atoms with Gasteiger partial charge in [0.1, 0.15) is 0 Å². The van der Waals surface area contributed by atoms with Gasteiger partial charge in [-0.05, 0) is 43.9 Å². The molecule has 0 fully saturated rings. The van der Waals surface area contributed by atoms with Crippen LogP contribution in [0.5, 0.6) is 0 Å². The van der Waals surface area contributed by atoms with E-state index in [-0.39, 0.29) is 5.91 Å². The molecule has 2 aromatic rings. The van der Waals surface area contributed by atoms with Gasteiger partial charge in [-0.25, -0.2) is 0 Å². The van der Waals surface area contributed by atoms with Crippen molar-refractivity contribution in [3.05, 3.63) is 59.7 Å². The second-order valence-corrected chi connectivity index (χ2v) is 5.33. The van der Waals surface area contributed by atoms with Gasteiger partial charge in [-0.15, -0.1) is 0 Å². The van der Waals surface area contributed by atoms with E-state index in [9.17, 15) is 4.79 Å². The highest BCUT2D eigenvalue weighted by Gasteiger charge is 2.04. The molecule has 0 atom stereocenters. The van der Waals surface area contributed by atoms with Gasteiger partial charge in [0, 0.05) is 6.42 Å². The summed E-state index contributed by atoms with van der Waals surface area (Å²) in [5.41, 5.74) is 9.70. The molecule has 0 aliphatic carbocycles. The fourth-order valence-corrected chi connectivity index (χ4v) is 2.19. The number of aryl methyl sites for hydroxylation is 2. The summed E-state index contributed by atoms with van der Waals surface area (Å²) >= 11 is 0. The molecule has 3 heteroatoms. The molecule has 1 amide bonds. The van der Waals surface area contributed by atoms with E-state index in [1.165, 1.54) is 11.1 Å². The van der Waals surface area contributed by atoms with Crippen LogP contribution in [-0.4, -0.2) is 5.91 Å². The molecule has 0 aliphatic rings. The van der Waals surface area contributed by atoms with E-state index in [0.717, 1.165) is 19.3 Å². The van der Waals surface area contributed by atoms with Gasteiger partial charge in [0.2, 0.25) is 5.91 Å². The van der Waals surface area contributed by atoms with Gasteiger partial charge in [0.15, 0.2) is 0 Å². The van der Waals surface area contributed by atoms with Crippen LogP contribution in [0.3, 0.4) is 0 Å². The SMILES string of the molecule is Cc1ccc(CCCCC(=O)Nc2ccccc2N)cc1. The lowest BCUT2D eigenvalue weighted by atomic mass is 10.1. The Morgan fingerprint density at radius 2 is 1.76 bits per heavy atom. The Balaban J connectivity index is 1.70. The number of nitrogen functional groups attached to an aromatic ring is 1. The fraction of sp³-hybridized carbons (Fsp3) is 0.278. The van der Waals surface area contributed by atoms with Gasteiger partial charge in [-0.3, -0.25) is 4.79 Å². The minimum atomic E-state index is 0.0248. The van der Waals surface area contributed by atoms with Gasteiger partial charge >= 0.3 is 0 Å². The van der Waals surface area contributed by atoms with E-state index in [2.05, 4.69) is 36.5 Å². The van der Waals surface area contributed by atoms with Crippen molar-refractivity contribution in [3.63, 3.8) is 0 Å². The number of carbonyl (C=O) groups is 1. The predicted octanol–water partition coefficient (Wildman–Crippen LogP) is 3.93. The molecule has 3 nitrogen and oxygen atoms in total. The Hall–Kier alpha value is -2.29. The first-order chi connectivity index (χ1) is 10.1. The minimum Gasteiger partial charge on any atom is -0.397 e. The van der Waals surface area contributed by atoms with Crippen LogP contribution in [0.25, 0.3) is 0 Å². The van der Waals surface area contributed by atoms with E-state index in [1.807, 2.05) is 18.2 Å². The van der Waals surface area contributed by atoms with Gasteiger partial charge in [-0.1, -0.05) is 42.0 Å². The third-order valence-corrected chi connectivity index (χ3v) is 3.47. The molecular formula is C18H22N2O. The number of nitrogens with two attached hydrogens (primary N) is 1. The zero-order valence-corrected chi connectivity index (χ0v) is 12.4. The van der Waals surface area contributed by atoms with Crippen LogP contribution in [0.15, 0.2) is 48.5 Å². The Morgan fingerprint density at radius 1 is 1.05 bits per heavy atom. The van der Waals surface area contributed by atoms with Crippen molar-refractivity contribution in [2.45, 2.75) is 32.6 Å². The van der Waals surface area contributed by atoms with Crippen molar-refractivity contribution in [2.24, 2.45) is 0 Å². The number of nitrogens with one attached hydrogen (secondary N) is 1. The Labute approximate surface area is 126 Å². The summed E-state index contributed by atoms with van der Waals surface area (Å²) < 4.78 is 0. The zero-order valence-electron chi connectivity index (χ0n) is 12.4. The average Bonchev–Trinajstić information content (AvgIpc) is 2.48. The first-order valence-electron chi connectivity index (χ1n) is 7.35. The highest BCUT2D eigenvalue weighted by atomic mass is 16.1. The van der Waals surface area contributed by atoms with Gasteiger partial charge in [0.05, 0.1) is 11.4 Å². The summed E-state index contributed by atoms with van der Waals surface area (Å²) in [6, 6.07) is 15.9. The maximum absolute atomic E-state index is 11.9. The number of hydrogen-bond donors (Lipinski definition) is 2. The summed E-state index contributed by atoms with van der Waals surface area (Å²) in [7, 11) is 0. The molecule has 0 aliphatic heterocycles. The van der Waals surface area contributed by atoms with Gasteiger partial charge < -0.3 is 11.1 Å². The maximum atomic E-state index is 11.9. The van der Waals surface area contributed by atoms with Crippen LogP contribution < -0.4 is 11.1 Å². The van der Waals surface area contributed by atoms with Crippen molar-refractivity contribution in [1.29, 1.82) is 0 Å². The quantitative estimate of drug-likeness (QED) is 0.623. The van der Waals surface area contributed by atoms with E-state index in [4.69, 9.17) is 5.73 Å². The largest absolute Gasteiger partial charge is 0.397 e. The monoisotopic (exact) mass is 282 g/mol. The molecule has 110 valence electrons. The van der Waals surface area contributed by atoms with E-state index >= 15 is 0 Å². The highest BCUT2D eigenvalue weighted by molar-refractivity contribution is 5.93.